The van der Waals surface area contributed by atoms with Gasteiger partial charge < -0.3 is 5.32 Å². The molecule has 0 radical (unpaired) electrons. The maximum absolute atomic E-state index is 13.8. The molecule has 2 rings (SSSR count). The van der Waals surface area contributed by atoms with Crippen molar-refractivity contribution in [1.29, 1.82) is 0 Å². The lowest BCUT2D eigenvalue weighted by molar-refractivity contribution is -0.137. The van der Waals surface area contributed by atoms with E-state index in [4.69, 9.17) is 0 Å². The van der Waals surface area contributed by atoms with Crippen LogP contribution in [-0.2, 0) is 20.8 Å². The van der Waals surface area contributed by atoms with Crippen molar-refractivity contribution in [3.05, 3.63) is 54.0 Å². The molecule has 1 aromatic carbocycles. The van der Waals surface area contributed by atoms with Gasteiger partial charge in [0.1, 0.15) is 21.3 Å². The summed E-state index contributed by atoms with van der Waals surface area (Å²) >= 11 is 0. The van der Waals surface area contributed by atoms with Crippen molar-refractivity contribution in [3.8, 4) is 0 Å². The molecule has 0 fully saturated rings. The maximum Gasteiger partial charge on any atom is 0.417 e. The number of alkyl halides is 3. The van der Waals surface area contributed by atoms with Crippen LogP contribution in [0.25, 0.3) is 0 Å². The van der Waals surface area contributed by atoms with Gasteiger partial charge in [-0.25, -0.2) is 17.8 Å². The second kappa shape index (κ2) is 6.67. The lowest BCUT2D eigenvalue weighted by Gasteiger charge is -2.24. The van der Waals surface area contributed by atoms with E-state index in [9.17, 15) is 30.8 Å². The summed E-state index contributed by atoms with van der Waals surface area (Å²) in [4.78, 5) is 15.2. The van der Waals surface area contributed by atoms with Crippen molar-refractivity contribution in [2.45, 2.75) is 29.7 Å². The number of pyridine rings is 1. The van der Waals surface area contributed by atoms with Crippen LogP contribution in [0.1, 0.15) is 19.4 Å². The standard InChI is InChI=1S/C16H14F4N2O3S/c1-15(2,26(24,25)12-6-4-3-5-11(12)17)14(23)22-13-8-7-10(9-21-13)16(18,19)20/h3-9H,1-2H3,(H,21,22,23). The van der Waals surface area contributed by atoms with E-state index in [1.54, 1.807) is 0 Å². The number of halogens is 4. The van der Waals surface area contributed by atoms with Crippen LogP contribution in [0.2, 0.25) is 0 Å². The SMILES string of the molecule is CC(C)(C(=O)Nc1ccc(C(F)(F)F)cn1)S(=O)(=O)c1ccccc1F. The Labute approximate surface area is 147 Å². The fourth-order valence-corrected chi connectivity index (χ4v) is 3.39. The molecule has 10 heteroatoms. The Morgan fingerprint density at radius 3 is 2.19 bits per heavy atom. The zero-order valence-electron chi connectivity index (χ0n) is 13.6. The van der Waals surface area contributed by atoms with Gasteiger partial charge in [0.05, 0.1) is 5.56 Å². The number of amides is 1. The van der Waals surface area contributed by atoms with E-state index in [-0.39, 0.29) is 5.82 Å². The first-order chi connectivity index (χ1) is 11.9. The molecule has 0 aliphatic heterocycles. The van der Waals surface area contributed by atoms with E-state index < -0.39 is 42.9 Å². The molecule has 0 aliphatic rings. The second-order valence-corrected chi connectivity index (χ2v) is 8.30. The molecule has 5 nitrogen and oxygen atoms in total. The minimum atomic E-state index is -4.59. The van der Waals surface area contributed by atoms with Gasteiger partial charge in [0.25, 0.3) is 0 Å². The Morgan fingerprint density at radius 2 is 1.69 bits per heavy atom. The van der Waals surface area contributed by atoms with Gasteiger partial charge in [-0.15, -0.1) is 0 Å². The summed E-state index contributed by atoms with van der Waals surface area (Å²) in [5.74, 6) is -2.34. The molecular weight excluding hydrogens is 376 g/mol. The van der Waals surface area contributed by atoms with E-state index in [0.717, 1.165) is 32.0 Å². The number of carbonyl (C=O) groups excluding carboxylic acids is 1. The minimum Gasteiger partial charge on any atom is -0.309 e. The smallest absolute Gasteiger partial charge is 0.309 e. The molecule has 0 saturated heterocycles. The molecular formula is C16H14F4N2O3S. The van der Waals surface area contributed by atoms with E-state index in [1.807, 2.05) is 0 Å². The number of benzene rings is 1. The summed E-state index contributed by atoms with van der Waals surface area (Å²) in [6.07, 6.45) is -4.09. The van der Waals surface area contributed by atoms with Crippen molar-refractivity contribution >= 4 is 21.6 Å². The van der Waals surface area contributed by atoms with Crippen LogP contribution in [-0.4, -0.2) is 24.1 Å². The summed E-state index contributed by atoms with van der Waals surface area (Å²) in [6, 6.07) is 6.16. The highest BCUT2D eigenvalue weighted by Gasteiger charge is 2.44. The van der Waals surface area contributed by atoms with E-state index in [1.165, 1.54) is 12.1 Å². The lowest BCUT2D eigenvalue weighted by Crippen LogP contribution is -2.44. The zero-order valence-corrected chi connectivity index (χ0v) is 14.5. The number of anilines is 1. The molecule has 1 aromatic heterocycles. The Morgan fingerprint density at radius 1 is 1.08 bits per heavy atom. The third-order valence-electron chi connectivity index (χ3n) is 3.68. The highest BCUT2D eigenvalue weighted by Crippen LogP contribution is 2.30. The molecule has 2 aromatic rings. The zero-order chi connectivity index (χ0) is 19.8. The molecule has 1 N–H and O–H groups in total. The largest absolute Gasteiger partial charge is 0.417 e. The summed E-state index contributed by atoms with van der Waals surface area (Å²) in [5, 5.41) is 2.14. The van der Waals surface area contributed by atoms with Gasteiger partial charge in [0.15, 0.2) is 9.84 Å². The van der Waals surface area contributed by atoms with Crippen molar-refractivity contribution in [2.75, 3.05) is 5.32 Å². The van der Waals surface area contributed by atoms with Gasteiger partial charge in [0.2, 0.25) is 5.91 Å². The first-order valence-corrected chi connectivity index (χ1v) is 8.69. The Hall–Kier alpha value is -2.49. The highest BCUT2D eigenvalue weighted by atomic mass is 32.2. The maximum atomic E-state index is 13.8. The minimum absolute atomic E-state index is 0.264. The predicted octanol–water partition coefficient (Wildman–Crippen LogP) is 3.43. The topological polar surface area (TPSA) is 76.1 Å². The lowest BCUT2D eigenvalue weighted by atomic mass is 10.2. The quantitative estimate of drug-likeness (QED) is 0.812. The Bertz CT molecular complexity index is 923. The van der Waals surface area contributed by atoms with Gasteiger partial charge in [-0.2, -0.15) is 13.2 Å². The van der Waals surface area contributed by atoms with Gasteiger partial charge >= 0.3 is 6.18 Å². The number of carbonyl (C=O) groups is 1. The van der Waals surface area contributed by atoms with Crippen LogP contribution in [0.3, 0.4) is 0 Å². The van der Waals surface area contributed by atoms with Crippen LogP contribution < -0.4 is 5.32 Å². The fourth-order valence-electron chi connectivity index (χ4n) is 1.96. The third-order valence-corrected chi connectivity index (χ3v) is 6.12. The molecule has 1 amide bonds. The summed E-state index contributed by atoms with van der Waals surface area (Å²) in [5.41, 5.74) is -1.02. The van der Waals surface area contributed by atoms with Gasteiger partial charge in [-0.3, -0.25) is 4.79 Å². The first kappa shape index (κ1) is 19.8. The van der Waals surface area contributed by atoms with Crippen LogP contribution in [0, 0.1) is 5.82 Å². The number of nitrogens with zero attached hydrogens (tertiary/aromatic N) is 1. The van der Waals surface area contributed by atoms with Crippen LogP contribution in [0.5, 0.6) is 0 Å². The number of hydrogen-bond acceptors (Lipinski definition) is 4. The first-order valence-electron chi connectivity index (χ1n) is 7.21. The van der Waals surface area contributed by atoms with Gasteiger partial charge in [0, 0.05) is 6.20 Å². The second-order valence-electron chi connectivity index (χ2n) is 5.83. The molecule has 140 valence electrons. The molecule has 0 spiro atoms. The normalized spacial score (nSPS) is 12.7. The molecule has 1 heterocycles. The number of rotatable bonds is 4. The molecule has 0 bridgehead atoms. The highest BCUT2D eigenvalue weighted by molar-refractivity contribution is 7.93. The van der Waals surface area contributed by atoms with Crippen molar-refractivity contribution in [2.24, 2.45) is 0 Å². The average molecular weight is 390 g/mol. The van der Waals surface area contributed by atoms with Crippen molar-refractivity contribution in [3.63, 3.8) is 0 Å². The van der Waals surface area contributed by atoms with E-state index in [0.29, 0.717) is 12.3 Å². The summed E-state index contributed by atoms with van der Waals surface area (Å²) in [7, 11) is -4.41. The van der Waals surface area contributed by atoms with Gasteiger partial charge in [-0.1, -0.05) is 12.1 Å². The van der Waals surface area contributed by atoms with Crippen LogP contribution in [0.4, 0.5) is 23.4 Å². The van der Waals surface area contributed by atoms with Crippen LogP contribution in [0.15, 0.2) is 47.5 Å². The predicted molar refractivity (Wildman–Crippen MR) is 85.5 cm³/mol. The van der Waals surface area contributed by atoms with Crippen molar-refractivity contribution < 1.29 is 30.8 Å². The van der Waals surface area contributed by atoms with E-state index >= 15 is 0 Å². The van der Waals surface area contributed by atoms with Gasteiger partial charge in [-0.05, 0) is 38.1 Å². The summed E-state index contributed by atoms with van der Waals surface area (Å²) in [6.45, 7) is 2.13. The molecule has 0 unspecified atom stereocenters. The monoisotopic (exact) mass is 390 g/mol. The average Bonchev–Trinajstić information content (AvgIpc) is 2.54. The number of sulfone groups is 1. The fraction of sp³-hybridized carbons (Fsp3) is 0.250. The molecule has 0 atom stereocenters. The Kier molecular flexibility index (Phi) is 5.09. The number of aromatic nitrogens is 1. The number of hydrogen-bond donors (Lipinski definition) is 1. The molecule has 0 aliphatic carbocycles. The van der Waals surface area contributed by atoms with Crippen molar-refractivity contribution in [1.82, 2.24) is 4.98 Å². The number of nitrogens with one attached hydrogen (secondary N) is 1. The van der Waals surface area contributed by atoms with E-state index in [2.05, 4.69) is 10.3 Å². The molecule has 0 saturated carbocycles. The molecule has 26 heavy (non-hydrogen) atoms. The third kappa shape index (κ3) is 3.69. The van der Waals surface area contributed by atoms with Crippen LogP contribution >= 0.6 is 0 Å². The Balaban J connectivity index is 2.29. The summed E-state index contributed by atoms with van der Waals surface area (Å²) < 4.78 is 74.5.